The quantitative estimate of drug-likeness (QED) is 0.406. The lowest BCUT2D eigenvalue weighted by atomic mass is 10.0. The van der Waals surface area contributed by atoms with Gasteiger partial charge >= 0.3 is 0 Å². The van der Waals surface area contributed by atoms with Crippen molar-refractivity contribution in [3.63, 3.8) is 0 Å². The van der Waals surface area contributed by atoms with Crippen molar-refractivity contribution in [2.75, 3.05) is 40.4 Å². The Bertz CT molecular complexity index is 820. The summed E-state index contributed by atoms with van der Waals surface area (Å²) in [5.74, 6) is 1.99. The van der Waals surface area contributed by atoms with Crippen molar-refractivity contribution in [1.29, 1.82) is 0 Å². The molecule has 2 heterocycles. The molecule has 2 aromatic rings. The highest BCUT2D eigenvalue weighted by Gasteiger charge is 2.20. The number of aliphatic hydroxyl groups excluding tert-OH is 1. The normalized spacial score (nSPS) is 16.7. The number of benzene rings is 1. The van der Waals surface area contributed by atoms with Crippen LogP contribution >= 0.6 is 11.3 Å². The predicted octanol–water partition coefficient (Wildman–Crippen LogP) is 3.02. The van der Waals surface area contributed by atoms with Crippen LogP contribution in [0.25, 0.3) is 0 Å². The van der Waals surface area contributed by atoms with Gasteiger partial charge in [-0.1, -0.05) is 6.07 Å². The maximum absolute atomic E-state index is 10.6. The first-order valence-electron chi connectivity index (χ1n) is 10.8. The molecule has 1 unspecified atom stereocenters. The number of hydrogen-bond donors (Lipinski definition) is 3. The van der Waals surface area contributed by atoms with Crippen molar-refractivity contribution in [1.82, 2.24) is 15.5 Å². The number of piperidine rings is 1. The third kappa shape index (κ3) is 6.85. The van der Waals surface area contributed by atoms with Crippen LogP contribution in [0.1, 0.15) is 37.0 Å². The van der Waals surface area contributed by atoms with Gasteiger partial charge in [-0.2, -0.15) is 11.3 Å². The number of aliphatic imine (C=N–C) groups is 1. The van der Waals surface area contributed by atoms with Gasteiger partial charge in [0.25, 0.3) is 0 Å². The Kier molecular flexibility index (Phi) is 8.99. The van der Waals surface area contributed by atoms with Crippen LogP contribution in [-0.2, 0) is 6.54 Å². The first-order valence-corrected chi connectivity index (χ1v) is 11.8. The van der Waals surface area contributed by atoms with Crippen LogP contribution in [-0.4, -0.2) is 62.4 Å². The second kappa shape index (κ2) is 11.9. The Morgan fingerprint density at radius 1 is 1.23 bits per heavy atom. The number of aliphatic hydroxyl groups is 1. The van der Waals surface area contributed by atoms with Crippen molar-refractivity contribution in [2.24, 2.45) is 4.99 Å². The highest BCUT2D eigenvalue weighted by Crippen LogP contribution is 2.30. The summed E-state index contributed by atoms with van der Waals surface area (Å²) in [6, 6.07) is 8.02. The Hall–Kier alpha value is -2.29. The lowest BCUT2D eigenvalue weighted by Gasteiger charge is -2.33. The summed E-state index contributed by atoms with van der Waals surface area (Å²) >= 11 is 1.76. The van der Waals surface area contributed by atoms with Crippen molar-refractivity contribution < 1.29 is 14.6 Å². The van der Waals surface area contributed by atoms with Crippen LogP contribution in [0.5, 0.6) is 11.5 Å². The van der Waals surface area contributed by atoms with E-state index < -0.39 is 6.10 Å². The number of nitrogens with zero attached hydrogens (tertiary/aromatic N) is 2. The third-order valence-corrected chi connectivity index (χ3v) is 6.21. The summed E-state index contributed by atoms with van der Waals surface area (Å²) in [6.07, 6.45) is 1.43. The van der Waals surface area contributed by atoms with E-state index in [1.54, 1.807) is 37.7 Å². The van der Waals surface area contributed by atoms with Gasteiger partial charge in [0.15, 0.2) is 17.5 Å². The van der Waals surface area contributed by atoms with Crippen LogP contribution in [0.4, 0.5) is 0 Å². The topological polar surface area (TPSA) is 78.4 Å². The largest absolute Gasteiger partial charge is 0.493 e. The number of nitrogens with one attached hydrogen (secondary N) is 2. The lowest BCUT2D eigenvalue weighted by Crippen LogP contribution is -2.48. The molecule has 1 aliphatic heterocycles. The summed E-state index contributed by atoms with van der Waals surface area (Å²) < 4.78 is 10.6. The van der Waals surface area contributed by atoms with Gasteiger partial charge in [0.1, 0.15) is 0 Å². The lowest BCUT2D eigenvalue weighted by molar-refractivity contribution is 0.185. The minimum Gasteiger partial charge on any atom is -0.493 e. The average molecular weight is 447 g/mol. The Labute approximate surface area is 189 Å². The van der Waals surface area contributed by atoms with E-state index in [0.717, 1.165) is 50.5 Å². The molecule has 0 amide bonds. The van der Waals surface area contributed by atoms with Crippen molar-refractivity contribution in [2.45, 2.75) is 38.5 Å². The van der Waals surface area contributed by atoms with Gasteiger partial charge in [-0.3, -0.25) is 9.89 Å². The molecule has 31 heavy (non-hydrogen) atoms. The summed E-state index contributed by atoms with van der Waals surface area (Å²) in [6.45, 7) is 6.26. The van der Waals surface area contributed by atoms with E-state index in [1.807, 2.05) is 13.0 Å². The van der Waals surface area contributed by atoms with Crippen LogP contribution in [0.15, 0.2) is 40.0 Å². The van der Waals surface area contributed by atoms with Gasteiger partial charge in [-0.15, -0.1) is 0 Å². The van der Waals surface area contributed by atoms with Crippen molar-refractivity contribution in [3.8, 4) is 11.5 Å². The zero-order valence-corrected chi connectivity index (χ0v) is 19.5. The van der Waals surface area contributed by atoms with E-state index in [4.69, 9.17) is 9.47 Å². The van der Waals surface area contributed by atoms with E-state index in [1.165, 1.54) is 5.56 Å². The molecule has 1 atom stereocenters. The van der Waals surface area contributed by atoms with Crippen LogP contribution in [0.2, 0.25) is 0 Å². The van der Waals surface area contributed by atoms with E-state index >= 15 is 0 Å². The highest BCUT2D eigenvalue weighted by atomic mass is 32.1. The minimum atomic E-state index is -0.720. The number of methoxy groups -OCH3 is 2. The molecule has 8 heteroatoms. The predicted molar refractivity (Wildman–Crippen MR) is 126 cm³/mol. The molecule has 1 saturated heterocycles. The van der Waals surface area contributed by atoms with Gasteiger partial charge in [-0.05, 0) is 59.9 Å². The summed E-state index contributed by atoms with van der Waals surface area (Å²) in [7, 11) is 3.18. The Morgan fingerprint density at radius 2 is 2.00 bits per heavy atom. The maximum atomic E-state index is 10.6. The molecule has 1 fully saturated rings. The smallest absolute Gasteiger partial charge is 0.191 e. The van der Waals surface area contributed by atoms with Gasteiger partial charge in [-0.25, -0.2) is 0 Å². The molecule has 0 radical (unpaired) electrons. The zero-order valence-electron chi connectivity index (χ0n) is 18.6. The molecular formula is C23H34N4O3S. The van der Waals surface area contributed by atoms with E-state index in [2.05, 4.69) is 37.4 Å². The second-order valence-corrected chi connectivity index (χ2v) is 8.46. The van der Waals surface area contributed by atoms with E-state index in [0.29, 0.717) is 17.5 Å². The highest BCUT2D eigenvalue weighted by molar-refractivity contribution is 7.07. The molecule has 1 aromatic heterocycles. The van der Waals surface area contributed by atoms with Gasteiger partial charge in [0, 0.05) is 32.2 Å². The standard InChI is InChI=1S/C23H34N4O3S/c1-4-24-23(25-14-20(28)18-5-6-21(29-2)22(13-18)30-3)26-19-7-10-27(11-8-19)15-17-9-12-31-16-17/h5-6,9,12-13,16,19-20,28H,4,7-8,10-11,14-15H2,1-3H3,(H2,24,25,26). The molecule has 1 aromatic carbocycles. The molecule has 0 aliphatic carbocycles. The maximum Gasteiger partial charge on any atom is 0.191 e. The molecule has 3 N–H and O–H groups in total. The Balaban J connectivity index is 1.53. The molecule has 170 valence electrons. The number of hydrogen-bond acceptors (Lipinski definition) is 6. The third-order valence-electron chi connectivity index (χ3n) is 5.47. The minimum absolute atomic E-state index is 0.266. The molecule has 0 saturated carbocycles. The van der Waals surface area contributed by atoms with Crippen LogP contribution < -0.4 is 20.1 Å². The van der Waals surface area contributed by atoms with Crippen LogP contribution in [0, 0.1) is 0 Å². The first-order chi connectivity index (χ1) is 15.1. The summed E-state index contributed by atoms with van der Waals surface area (Å²) in [4.78, 5) is 7.13. The van der Waals surface area contributed by atoms with Gasteiger partial charge in [0.2, 0.25) is 0 Å². The van der Waals surface area contributed by atoms with Crippen molar-refractivity contribution in [3.05, 3.63) is 46.2 Å². The zero-order chi connectivity index (χ0) is 22.1. The number of ether oxygens (including phenoxy) is 2. The monoisotopic (exact) mass is 446 g/mol. The van der Waals surface area contributed by atoms with E-state index in [-0.39, 0.29) is 6.54 Å². The molecular weight excluding hydrogens is 412 g/mol. The number of thiophene rings is 1. The average Bonchev–Trinajstić information content (AvgIpc) is 3.31. The summed E-state index contributed by atoms with van der Waals surface area (Å²) in [5.41, 5.74) is 2.15. The molecule has 0 bridgehead atoms. The molecule has 1 aliphatic rings. The number of rotatable bonds is 9. The number of guanidine groups is 1. The van der Waals surface area contributed by atoms with E-state index in [9.17, 15) is 5.11 Å². The van der Waals surface area contributed by atoms with Gasteiger partial charge in [0.05, 0.1) is 26.9 Å². The fourth-order valence-electron chi connectivity index (χ4n) is 3.73. The molecule has 0 spiro atoms. The Morgan fingerprint density at radius 3 is 2.65 bits per heavy atom. The molecule has 3 rings (SSSR count). The second-order valence-electron chi connectivity index (χ2n) is 7.68. The summed E-state index contributed by atoms with van der Waals surface area (Å²) in [5, 5.41) is 21.8. The molecule has 7 nitrogen and oxygen atoms in total. The van der Waals surface area contributed by atoms with Gasteiger partial charge < -0.3 is 25.2 Å². The van der Waals surface area contributed by atoms with Crippen LogP contribution in [0.3, 0.4) is 0 Å². The van der Waals surface area contributed by atoms with Crippen molar-refractivity contribution >= 4 is 17.3 Å². The SMILES string of the molecule is CCNC(=NCC(O)c1ccc(OC)c(OC)c1)NC1CCN(Cc2ccsc2)CC1. The fourth-order valence-corrected chi connectivity index (χ4v) is 4.39. The first kappa shape index (κ1) is 23.4. The number of likely N-dealkylation sites (tertiary alicyclic amines) is 1. The fraction of sp³-hybridized carbons (Fsp3) is 0.522.